The Bertz CT molecular complexity index is 653. The lowest BCUT2D eigenvalue weighted by molar-refractivity contribution is -0.118. The van der Waals surface area contributed by atoms with Crippen molar-refractivity contribution in [3.05, 3.63) is 63.6 Å². The molecule has 1 saturated carbocycles. The molecule has 0 bridgehead atoms. The number of hydrogen-bond donors (Lipinski definition) is 1. The van der Waals surface area contributed by atoms with Crippen LogP contribution in [0.15, 0.2) is 53.0 Å². The lowest BCUT2D eigenvalue weighted by Gasteiger charge is -2.16. The van der Waals surface area contributed by atoms with E-state index in [1.165, 1.54) is 0 Å². The normalized spacial score (nSPS) is 15.7. The molecule has 3 rings (SSSR count). The molecule has 1 amide bonds. The van der Waals surface area contributed by atoms with Gasteiger partial charge >= 0.3 is 0 Å². The molecule has 2 nitrogen and oxygen atoms in total. The van der Waals surface area contributed by atoms with E-state index in [4.69, 9.17) is 11.6 Å². The molecular weight excluding hydrogens is 338 g/mol. The summed E-state index contributed by atoms with van der Waals surface area (Å²) in [5.74, 6) is 0.0340. The van der Waals surface area contributed by atoms with E-state index in [1.54, 1.807) is 12.1 Å². The summed E-state index contributed by atoms with van der Waals surface area (Å²) in [7, 11) is 0. The summed E-state index contributed by atoms with van der Waals surface area (Å²) >= 11 is 9.40. The summed E-state index contributed by atoms with van der Waals surface area (Å²) in [6.07, 6.45) is 1.78. The van der Waals surface area contributed by atoms with Crippen LogP contribution in [0.1, 0.15) is 18.4 Å². The average molecular weight is 351 g/mol. The number of carbonyl (C=O) groups is 1. The van der Waals surface area contributed by atoms with E-state index in [-0.39, 0.29) is 11.3 Å². The van der Waals surface area contributed by atoms with Crippen molar-refractivity contribution in [2.45, 2.75) is 18.3 Å². The van der Waals surface area contributed by atoms with E-state index >= 15 is 0 Å². The van der Waals surface area contributed by atoms with E-state index in [1.807, 2.05) is 36.4 Å². The van der Waals surface area contributed by atoms with Crippen LogP contribution in [-0.2, 0) is 10.2 Å². The molecule has 0 radical (unpaired) electrons. The van der Waals surface area contributed by atoms with Gasteiger partial charge in [0.1, 0.15) is 0 Å². The number of benzene rings is 2. The van der Waals surface area contributed by atoms with E-state index in [2.05, 4.69) is 21.2 Å². The molecule has 0 spiro atoms. The third kappa shape index (κ3) is 2.48. The molecule has 0 aromatic heterocycles. The van der Waals surface area contributed by atoms with E-state index in [9.17, 15) is 4.79 Å². The number of anilines is 1. The minimum absolute atomic E-state index is 0.0340. The Hall–Kier alpha value is -1.32. The van der Waals surface area contributed by atoms with E-state index in [0.717, 1.165) is 22.9 Å². The van der Waals surface area contributed by atoms with Crippen LogP contribution in [-0.4, -0.2) is 5.91 Å². The largest absolute Gasteiger partial charge is 0.324 e. The predicted molar refractivity (Wildman–Crippen MR) is 85.1 cm³/mol. The monoisotopic (exact) mass is 349 g/mol. The number of rotatable bonds is 3. The Balaban J connectivity index is 1.85. The van der Waals surface area contributed by atoms with Gasteiger partial charge in [0, 0.05) is 9.50 Å². The Morgan fingerprint density at radius 1 is 1.15 bits per heavy atom. The van der Waals surface area contributed by atoms with Gasteiger partial charge in [-0.15, -0.1) is 0 Å². The molecule has 0 atom stereocenters. The summed E-state index contributed by atoms with van der Waals surface area (Å²) in [5.41, 5.74) is 1.42. The maximum atomic E-state index is 12.6. The molecule has 4 heteroatoms. The summed E-state index contributed by atoms with van der Waals surface area (Å²) < 4.78 is 0.833. The molecule has 1 N–H and O–H groups in total. The first-order valence-corrected chi connectivity index (χ1v) is 7.61. The van der Waals surface area contributed by atoms with Crippen LogP contribution in [0.5, 0.6) is 0 Å². The van der Waals surface area contributed by atoms with Crippen molar-refractivity contribution in [3.8, 4) is 0 Å². The van der Waals surface area contributed by atoms with Gasteiger partial charge in [0.15, 0.2) is 0 Å². The standard InChI is InChI=1S/C16H13BrClNO/c17-13-7-6-12(18)10-14(13)19-15(20)16(8-9-16)11-4-2-1-3-5-11/h1-7,10H,8-9H2,(H,19,20). The zero-order valence-electron chi connectivity index (χ0n) is 10.7. The van der Waals surface area contributed by atoms with Crippen LogP contribution in [0.25, 0.3) is 0 Å². The highest BCUT2D eigenvalue weighted by atomic mass is 79.9. The van der Waals surface area contributed by atoms with Crippen LogP contribution in [0, 0.1) is 0 Å². The highest BCUT2D eigenvalue weighted by Gasteiger charge is 2.51. The SMILES string of the molecule is O=C(Nc1cc(Cl)ccc1Br)C1(c2ccccc2)CC1. The average Bonchev–Trinajstić information content (AvgIpc) is 3.25. The molecule has 1 aliphatic rings. The molecule has 0 aliphatic heterocycles. The molecule has 1 fully saturated rings. The molecule has 1 aliphatic carbocycles. The molecule has 2 aromatic rings. The summed E-state index contributed by atoms with van der Waals surface area (Å²) in [6, 6.07) is 15.3. The van der Waals surface area contributed by atoms with Gasteiger partial charge in [0.05, 0.1) is 11.1 Å². The van der Waals surface area contributed by atoms with Gasteiger partial charge in [-0.25, -0.2) is 0 Å². The summed E-state index contributed by atoms with van der Waals surface area (Å²) in [5, 5.41) is 3.59. The third-order valence-electron chi connectivity index (χ3n) is 3.69. The molecule has 2 aromatic carbocycles. The smallest absolute Gasteiger partial charge is 0.235 e. The van der Waals surface area contributed by atoms with Gasteiger partial charge in [-0.05, 0) is 52.5 Å². The molecular formula is C16H13BrClNO. The fraction of sp³-hybridized carbons (Fsp3) is 0.188. The van der Waals surface area contributed by atoms with Crippen molar-refractivity contribution in [2.75, 3.05) is 5.32 Å². The van der Waals surface area contributed by atoms with Crippen LogP contribution in [0.3, 0.4) is 0 Å². The second-order valence-electron chi connectivity index (χ2n) is 5.03. The lowest BCUT2D eigenvalue weighted by atomic mass is 9.95. The van der Waals surface area contributed by atoms with Gasteiger partial charge in [0.25, 0.3) is 0 Å². The maximum Gasteiger partial charge on any atom is 0.235 e. The maximum absolute atomic E-state index is 12.6. The second-order valence-corrected chi connectivity index (χ2v) is 6.32. The van der Waals surface area contributed by atoms with Crippen molar-refractivity contribution in [1.29, 1.82) is 0 Å². The quantitative estimate of drug-likeness (QED) is 0.848. The van der Waals surface area contributed by atoms with Gasteiger partial charge in [-0.2, -0.15) is 0 Å². The molecule has 20 heavy (non-hydrogen) atoms. The minimum atomic E-state index is -0.372. The predicted octanol–water partition coefficient (Wildman–Crippen LogP) is 4.77. The fourth-order valence-electron chi connectivity index (χ4n) is 2.36. The first-order valence-electron chi connectivity index (χ1n) is 6.44. The zero-order valence-corrected chi connectivity index (χ0v) is 13.0. The van der Waals surface area contributed by atoms with Gasteiger partial charge in [-0.3, -0.25) is 4.79 Å². The lowest BCUT2D eigenvalue weighted by Crippen LogP contribution is -2.27. The highest BCUT2D eigenvalue weighted by Crippen LogP contribution is 2.49. The highest BCUT2D eigenvalue weighted by molar-refractivity contribution is 9.10. The Labute approximate surface area is 131 Å². The van der Waals surface area contributed by atoms with E-state index in [0.29, 0.717) is 10.7 Å². The second kappa shape index (κ2) is 5.23. The fourth-order valence-corrected chi connectivity index (χ4v) is 2.88. The molecule has 0 unspecified atom stereocenters. The molecule has 0 heterocycles. The van der Waals surface area contributed by atoms with Crippen LogP contribution < -0.4 is 5.32 Å². The van der Waals surface area contributed by atoms with Gasteiger partial charge < -0.3 is 5.32 Å². The number of halogens is 2. The topological polar surface area (TPSA) is 29.1 Å². The number of nitrogens with one attached hydrogen (secondary N) is 1. The number of carbonyl (C=O) groups excluding carboxylic acids is 1. The van der Waals surface area contributed by atoms with E-state index < -0.39 is 0 Å². The van der Waals surface area contributed by atoms with Crippen molar-refractivity contribution in [1.82, 2.24) is 0 Å². The van der Waals surface area contributed by atoms with Crippen LogP contribution in [0.2, 0.25) is 5.02 Å². The van der Waals surface area contributed by atoms with Gasteiger partial charge in [-0.1, -0.05) is 41.9 Å². The van der Waals surface area contributed by atoms with Crippen LogP contribution in [0.4, 0.5) is 5.69 Å². The first kappa shape index (κ1) is 13.7. The Kier molecular flexibility index (Phi) is 3.57. The Morgan fingerprint density at radius 2 is 1.85 bits per heavy atom. The van der Waals surface area contributed by atoms with Crippen LogP contribution >= 0.6 is 27.5 Å². The molecule has 102 valence electrons. The summed E-state index contributed by atoms with van der Waals surface area (Å²) in [6.45, 7) is 0. The number of amides is 1. The number of hydrogen-bond acceptors (Lipinski definition) is 1. The van der Waals surface area contributed by atoms with Crippen molar-refractivity contribution in [2.24, 2.45) is 0 Å². The third-order valence-corrected chi connectivity index (χ3v) is 4.61. The molecule has 0 saturated heterocycles. The minimum Gasteiger partial charge on any atom is -0.324 e. The zero-order chi connectivity index (χ0) is 14.2. The van der Waals surface area contributed by atoms with Gasteiger partial charge in [0.2, 0.25) is 5.91 Å². The Morgan fingerprint density at radius 3 is 2.50 bits per heavy atom. The van der Waals surface area contributed by atoms with Crippen molar-refractivity contribution in [3.63, 3.8) is 0 Å². The van der Waals surface area contributed by atoms with Crippen molar-refractivity contribution < 1.29 is 4.79 Å². The first-order chi connectivity index (χ1) is 9.62. The summed E-state index contributed by atoms with van der Waals surface area (Å²) in [4.78, 5) is 12.6. The van der Waals surface area contributed by atoms with Crippen molar-refractivity contribution >= 4 is 39.1 Å².